The van der Waals surface area contributed by atoms with Crippen LogP contribution in [-0.2, 0) is 4.74 Å². The molecule has 1 saturated heterocycles. The molecule has 0 saturated carbocycles. The van der Waals surface area contributed by atoms with Crippen LogP contribution in [0.25, 0.3) is 23.1 Å². The lowest BCUT2D eigenvalue weighted by molar-refractivity contribution is 0.0293. The van der Waals surface area contributed by atoms with Crippen molar-refractivity contribution in [2.75, 3.05) is 18.4 Å². The zero-order valence-electron chi connectivity index (χ0n) is 16.2. The number of aromatic amines is 1. The van der Waals surface area contributed by atoms with Gasteiger partial charge in [0.25, 0.3) is 0 Å². The minimum Gasteiger partial charge on any atom is -0.444 e. The van der Waals surface area contributed by atoms with E-state index in [1.807, 2.05) is 53.0 Å². The van der Waals surface area contributed by atoms with E-state index >= 15 is 0 Å². The van der Waals surface area contributed by atoms with E-state index in [1.165, 1.54) is 0 Å². The number of carbonyl (C=O) groups is 1. The second-order valence-electron chi connectivity index (χ2n) is 7.66. The molecule has 1 aliphatic heterocycles. The molecule has 1 amide bonds. The molecule has 0 bridgehead atoms. The number of ether oxygens (including phenoxy) is 1. The van der Waals surface area contributed by atoms with Gasteiger partial charge in [0.1, 0.15) is 11.4 Å². The Labute approximate surface area is 153 Å². The molecule has 6 nitrogen and oxygen atoms in total. The summed E-state index contributed by atoms with van der Waals surface area (Å²) in [5.41, 5.74) is 0.611. The van der Waals surface area contributed by atoms with Gasteiger partial charge in [-0.1, -0.05) is 12.2 Å². The molecule has 3 rings (SSSR count). The molecule has 26 heavy (non-hydrogen) atoms. The van der Waals surface area contributed by atoms with Crippen LogP contribution in [0.15, 0.2) is 12.3 Å². The van der Waals surface area contributed by atoms with Gasteiger partial charge in [0.2, 0.25) is 0 Å². The van der Waals surface area contributed by atoms with Gasteiger partial charge in [-0.25, -0.2) is 9.78 Å². The zero-order chi connectivity index (χ0) is 18.9. The van der Waals surface area contributed by atoms with Crippen LogP contribution in [0, 0.1) is 0 Å². The normalized spacial score (nSPS) is 19.4. The van der Waals surface area contributed by atoms with Crippen molar-refractivity contribution in [3.05, 3.63) is 22.8 Å². The number of likely N-dealkylation sites (tertiary alicyclic amines) is 1. The van der Waals surface area contributed by atoms with Crippen LogP contribution in [0.5, 0.6) is 0 Å². The summed E-state index contributed by atoms with van der Waals surface area (Å²) >= 11 is 0. The van der Waals surface area contributed by atoms with Crippen molar-refractivity contribution < 1.29 is 9.53 Å². The third-order valence-electron chi connectivity index (χ3n) is 4.52. The molecular weight excluding hydrogens is 328 g/mol. The van der Waals surface area contributed by atoms with Gasteiger partial charge in [0.05, 0.1) is 10.9 Å². The van der Waals surface area contributed by atoms with Crippen molar-refractivity contribution >= 4 is 35.0 Å². The zero-order valence-corrected chi connectivity index (χ0v) is 16.2. The van der Waals surface area contributed by atoms with Gasteiger partial charge in [-0.15, -0.1) is 0 Å². The van der Waals surface area contributed by atoms with E-state index in [-0.39, 0.29) is 12.1 Å². The van der Waals surface area contributed by atoms with Gasteiger partial charge in [0, 0.05) is 35.9 Å². The van der Waals surface area contributed by atoms with Gasteiger partial charge < -0.3 is 19.9 Å². The maximum absolute atomic E-state index is 12.3. The van der Waals surface area contributed by atoms with E-state index in [2.05, 4.69) is 16.4 Å². The quantitative estimate of drug-likeness (QED) is 0.868. The summed E-state index contributed by atoms with van der Waals surface area (Å²) in [5, 5.41) is 6.66. The minimum atomic E-state index is -0.472. The fourth-order valence-electron chi connectivity index (χ4n) is 3.34. The second-order valence-corrected chi connectivity index (χ2v) is 7.66. The monoisotopic (exact) mass is 356 g/mol. The Morgan fingerprint density at radius 3 is 2.81 bits per heavy atom. The van der Waals surface area contributed by atoms with Gasteiger partial charge >= 0.3 is 6.09 Å². The Morgan fingerprint density at radius 1 is 1.38 bits per heavy atom. The van der Waals surface area contributed by atoms with Crippen molar-refractivity contribution in [1.29, 1.82) is 0 Å². The number of nitrogens with zero attached hydrogens (tertiary/aromatic N) is 2. The second kappa shape index (κ2) is 7.02. The van der Waals surface area contributed by atoms with Crippen LogP contribution in [0.2, 0.25) is 0 Å². The number of fused-ring (bicyclic) bond motifs is 1. The fourth-order valence-corrected chi connectivity index (χ4v) is 3.34. The Hall–Kier alpha value is -2.50. The number of H-pyrrole nitrogens is 1. The first-order valence-corrected chi connectivity index (χ1v) is 9.16. The lowest BCUT2D eigenvalue weighted by atomic mass is 10.2. The molecule has 0 aromatic carbocycles. The van der Waals surface area contributed by atoms with Crippen molar-refractivity contribution in [3.63, 3.8) is 0 Å². The Bertz CT molecular complexity index is 924. The van der Waals surface area contributed by atoms with Gasteiger partial charge in [-0.05, 0) is 47.1 Å². The molecule has 3 heterocycles. The Morgan fingerprint density at radius 2 is 2.15 bits per heavy atom. The highest BCUT2D eigenvalue weighted by Crippen LogP contribution is 2.21. The van der Waals surface area contributed by atoms with Crippen LogP contribution in [0.1, 0.15) is 41.0 Å². The highest BCUT2D eigenvalue weighted by molar-refractivity contribution is 5.90. The summed E-state index contributed by atoms with van der Waals surface area (Å²) in [4.78, 5) is 22.1. The number of hydrogen-bond donors (Lipinski definition) is 2. The first-order chi connectivity index (χ1) is 12.3. The van der Waals surface area contributed by atoms with E-state index in [9.17, 15) is 4.79 Å². The average molecular weight is 356 g/mol. The predicted octanol–water partition coefficient (Wildman–Crippen LogP) is 2.59. The summed E-state index contributed by atoms with van der Waals surface area (Å²) < 4.78 is 5.47. The lowest BCUT2D eigenvalue weighted by Crippen LogP contribution is -2.37. The van der Waals surface area contributed by atoms with E-state index in [0.29, 0.717) is 13.1 Å². The number of amides is 1. The van der Waals surface area contributed by atoms with Crippen molar-refractivity contribution in [2.45, 2.75) is 52.7 Å². The molecule has 1 atom stereocenters. The molecule has 2 aromatic heterocycles. The van der Waals surface area contributed by atoms with Crippen LogP contribution < -0.4 is 15.9 Å². The van der Waals surface area contributed by atoms with Gasteiger partial charge in [-0.2, -0.15) is 0 Å². The lowest BCUT2D eigenvalue weighted by Gasteiger charge is -2.24. The van der Waals surface area contributed by atoms with Crippen molar-refractivity contribution in [3.8, 4) is 0 Å². The number of rotatable bonds is 2. The first kappa shape index (κ1) is 18.3. The summed E-state index contributed by atoms with van der Waals surface area (Å²) in [7, 11) is 0. The van der Waals surface area contributed by atoms with E-state index < -0.39 is 5.60 Å². The molecule has 0 radical (unpaired) electrons. The summed E-state index contributed by atoms with van der Waals surface area (Å²) in [6, 6.07) is 2.20. The number of anilines is 1. The number of pyridine rings is 1. The van der Waals surface area contributed by atoms with E-state index in [0.717, 1.165) is 33.7 Å². The topological polar surface area (TPSA) is 70.2 Å². The summed E-state index contributed by atoms with van der Waals surface area (Å²) in [6.07, 6.45) is 6.65. The van der Waals surface area contributed by atoms with Crippen LogP contribution in [-0.4, -0.2) is 45.7 Å². The van der Waals surface area contributed by atoms with Crippen LogP contribution in [0.3, 0.4) is 0 Å². The highest BCUT2D eigenvalue weighted by atomic mass is 16.6. The number of aromatic nitrogens is 2. The third-order valence-corrected chi connectivity index (χ3v) is 4.52. The largest absolute Gasteiger partial charge is 0.444 e. The number of nitrogens with one attached hydrogen (secondary N) is 2. The summed E-state index contributed by atoms with van der Waals surface area (Å²) in [5.74, 6) is 0.857. The molecule has 1 aliphatic rings. The molecule has 0 aliphatic carbocycles. The molecule has 2 N–H and O–H groups in total. The molecule has 0 spiro atoms. The Kier molecular flexibility index (Phi) is 4.94. The molecule has 1 fully saturated rings. The molecule has 6 heteroatoms. The fraction of sp³-hybridized carbons (Fsp3) is 0.500. The SMILES string of the molecule is CC=c1nc(NC2CCN(C(=O)OC(C)(C)C)C2)c2cc[nH]c2c1=CC. The average Bonchev–Trinajstić information content (AvgIpc) is 3.22. The standard InChI is InChI=1S/C20H28N4O2/c1-6-14-16(7-2)23-18(15-8-10-21-17(14)15)22-13-9-11-24(12-13)19(25)26-20(3,4)5/h6-8,10,13,21H,9,11-12H2,1-5H3,(H,22,23). The predicted molar refractivity (Wildman–Crippen MR) is 105 cm³/mol. The molecular formula is C20H28N4O2. The first-order valence-electron chi connectivity index (χ1n) is 9.16. The number of hydrogen-bond acceptors (Lipinski definition) is 4. The maximum Gasteiger partial charge on any atom is 0.410 e. The third kappa shape index (κ3) is 3.69. The van der Waals surface area contributed by atoms with E-state index in [4.69, 9.17) is 9.72 Å². The molecule has 140 valence electrons. The highest BCUT2D eigenvalue weighted by Gasteiger charge is 2.30. The summed E-state index contributed by atoms with van der Waals surface area (Å²) in [6.45, 7) is 11.0. The smallest absolute Gasteiger partial charge is 0.410 e. The number of carbonyl (C=O) groups excluding carboxylic acids is 1. The minimum absolute atomic E-state index is 0.161. The van der Waals surface area contributed by atoms with Crippen LogP contribution in [0.4, 0.5) is 10.6 Å². The molecule has 1 unspecified atom stereocenters. The van der Waals surface area contributed by atoms with Crippen molar-refractivity contribution in [1.82, 2.24) is 14.9 Å². The van der Waals surface area contributed by atoms with Gasteiger partial charge in [-0.3, -0.25) is 0 Å². The maximum atomic E-state index is 12.3. The van der Waals surface area contributed by atoms with Crippen LogP contribution >= 0.6 is 0 Å². The van der Waals surface area contributed by atoms with Crippen molar-refractivity contribution in [2.24, 2.45) is 0 Å². The van der Waals surface area contributed by atoms with E-state index in [1.54, 1.807) is 4.90 Å². The van der Waals surface area contributed by atoms with Gasteiger partial charge in [0.15, 0.2) is 0 Å². The molecule has 2 aromatic rings. The Balaban J connectivity index is 1.81.